The third-order valence-corrected chi connectivity index (χ3v) is 6.78. The van der Waals surface area contributed by atoms with Crippen molar-refractivity contribution in [3.63, 3.8) is 0 Å². The molecule has 2 aromatic carbocycles. The van der Waals surface area contributed by atoms with Gasteiger partial charge in [-0.1, -0.05) is 48.5 Å². The Kier molecular flexibility index (Phi) is 6.59. The van der Waals surface area contributed by atoms with Gasteiger partial charge in [-0.3, -0.25) is 14.6 Å². The molecule has 4 rings (SSSR count). The highest BCUT2D eigenvalue weighted by molar-refractivity contribution is 5.94. The van der Waals surface area contributed by atoms with E-state index in [1.54, 1.807) is 29.4 Å². The van der Waals surface area contributed by atoms with Gasteiger partial charge in [-0.25, -0.2) is 0 Å². The van der Waals surface area contributed by atoms with Gasteiger partial charge in [-0.2, -0.15) is 0 Å². The van der Waals surface area contributed by atoms with Crippen molar-refractivity contribution in [2.75, 3.05) is 27.2 Å². The molecule has 0 spiro atoms. The molecule has 1 fully saturated rings. The predicted molar refractivity (Wildman–Crippen MR) is 131 cm³/mol. The molecule has 3 aromatic rings. The molecule has 1 aliphatic heterocycles. The van der Waals surface area contributed by atoms with Gasteiger partial charge in [0.05, 0.1) is 5.41 Å². The van der Waals surface area contributed by atoms with Crippen molar-refractivity contribution >= 4 is 11.8 Å². The minimum Gasteiger partial charge on any atom is -0.348 e. The summed E-state index contributed by atoms with van der Waals surface area (Å²) in [5.74, 6) is 0.140. The highest BCUT2D eigenvalue weighted by atomic mass is 16.2. The van der Waals surface area contributed by atoms with Crippen LogP contribution in [0.3, 0.4) is 0 Å². The summed E-state index contributed by atoms with van der Waals surface area (Å²) in [7, 11) is 3.65. The maximum atomic E-state index is 13.5. The SMILES string of the molecule is Cc1ccccc1-c1ccccc1CC1(C(=O)N(C)C)CCN(C(=O)c2ccncc2)CC1. The van der Waals surface area contributed by atoms with Crippen LogP contribution in [-0.4, -0.2) is 53.8 Å². The number of aromatic nitrogens is 1. The second-order valence-electron chi connectivity index (χ2n) is 9.16. The van der Waals surface area contributed by atoms with E-state index in [2.05, 4.69) is 48.3 Å². The molecule has 2 heterocycles. The fraction of sp³-hybridized carbons (Fsp3) is 0.321. The van der Waals surface area contributed by atoms with Crippen LogP contribution in [0.5, 0.6) is 0 Å². The molecule has 170 valence electrons. The molecule has 5 nitrogen and oxygen atoms in total. The van der Waals surface area contributed by atoms with Crippen molar-refractivity contribution in [1.29, 1.82) is 0 Å². The zero-order chi connectivity index (χ0) is 23.4. The lowest BCUT2D eigenvalue weighted by Crippen LogP contribution is -2.51. The second kappa shape index (κ2) is 9.57. The number of amides is 2. The largest absolute Gasteiger partial charge is 0.348 e. The van der Waals surface area contributed by atoms with Crippen LogP contribution < -0.4 is 0 Å². The molecular weight excluding hydrogens is 410 g/mol. The number of likely N-dealkylation sites (tertiary alicyclic amines) is 1. The van der Waals surface area contributed by atoms with Crippen LogP contribution in [0.2, 0.25) is 0 Å². The first-order valence-electron chi connectivity index (χ1n) is 11.5. The van der Waals surface area contributed by atoms with Gasteiger partial charge in [0.1, 0.15) is 0 Å². The molecule has 0 N–H and O–H groups in total. The predicted octanol–water partition coefficient (Wildman–Crippen LogP) is 4.61. The first-order valence-corrected chi connectivity index (χ1v) is 11.5. The number of carbonyl (C=O) groups excluding carboxylic acids is 2. The minimum atomic E-state index is -0.530. The van der Waals surface area contributed by atoms with E-state index in [0.717, 1.165) is 0 Å². The molecule has 2 amide bonds. The molecular formula is C28H31N3O2. The van der Waals surface area contributed by atoms with E-state index in [9.17, 15) is 9.59 Å². The molecule has 0 bridgehead atoms. The third kappa shape index (κ3) is 4.68. The average molecular weight is 442 g/mol. The van der Waals surface area contributed by atoms with Crippen molar-refractivity contribution in [2.45, 2.75) is 26.2 Å². The first kappa shape index (κ1) is 22.7. The van der Waals surface area contributed by atoms with Crippen LogP contribution in [0.15, 0.2) is 73.1 Å². The Morgan fingerprint density at radius 2 is 1.52 bits per heavy atom. The summed E-state index contributed by atoms with van der Waals surface area (Å²) in [5.41, 5.74) is 4.88. The number of hydrogen-bond donors (Lipinski definition) is 0. The second-order valence-corrected chi connectivity index (χ2v) is 9.16. The molecule has 0 unspecified atom stereocenters. The van der Waals surface area contributed by atoms with Crippen LogP contribution in [0.25, 0.3) is 11.1 Å². The van der Waals surface area contributed by atoms with Crippen LogP contribution in [-0.2, 0) is 11.2 Å². The number of benzene rings is 2. The van der Waals surface area contributed by atoms with Crippen molar-refractivity contribution in [3.05, 3.63) is 89.7 Å². The van der Waals surface area contributed by atoms with Gasteiger partial charge in [0.2, 0.25) is 5.91 Å². The highest BCUT2D eigenvalue weighted by Gasteiger charge is 2.43. The van der Waals surface area contributed by atoms with Gasteiger partial charge in [-0.15, -0.1) is 0 Å². The minimum absolute atomic E-state index is 0.00334. The topological polar surface area (TPSA) is 53.5 Å². The molecule has 5 heteroatoms. The van der Waals surface area contributed by atoms with E-state index in [-0.39, 0.29) is 11.8 Å². The normalized spacial score (nSPS) is 15.2. The van der Waals surface area contributed by atoms with Gasteiger partial charge < -0.3 is 9.80 Å². The summed E-state index contributed by atoms with van der Waals surface area (Å²) in [6, 6.07) is 20.3. The molecule has 0 radical (unpaired) electrons. The van der Waals surface area contributed by atoms with Gasteiger partial charge >= 0.3 is 0 Å². The van der Waals surface area contributed by atoms with E-state index >= 15 is 0 Å². The van der Waals surface area contributed by atoms with Crippen LogP contribution in [0.4, 0.5) is 0 Å². The fourth-order valence-electron chi connectivity index (χ4n) is 4.93. The van der Waals surface area contributed by atoms with Crippen LogP contribution in [0.1, 0.15) is 34.3 Å². The average Bonchev–Trinajstić information content (AvgIpc) is 2.85. The maximum absolute atomic E-state index is 13.5. The Balaban J connectivity index is 1.62. The van der Waals surface area contributed by atoms with Crippen molar-refractivity contribution in [1.82, 2.24) is 14.8 Å². The number of carbonyl (C=O) groups is 2. The number of piperidine rings is 1. The van der Waals surface area contributed by atoms with E-state index in [4.69, 9.17) is 0 Å². The quantitative estimate of drug-likeness (QED) is 0.581. The lowest BCUT2D eigenvalue weighted by atomic mass is 9.71. The van der Waals surface area contributed by atoms with Gasteiger partial charge in [0.25, 0.3) is 5.91 Å². The summed E-state index contributed by atoms with van der Waals surface area (Å²) in [4.78, 5) is 34.0. The molecule has 1 aliphatic rings. The first-order chi connectivity index (χ1) is 15.9. The number of rotatable bonds is 5. The maximum Gasteiger partial charge on any atom is 0.253 e. The van der Waals surface area contributed by atoms with Gasteiger partial charge in [0.15, 0.2) is 0 Å². The Hall–Kier alpha value is -3.47. The summed E-state index contributed by atoms with van der Waals surface area (Å²) in [6.45, 7) is 3.25. The van der Waals surface area contributed by atoms with E-state index in [0.29, 0.717) is 37.9 Å². The standard InChI is InChI=1S/C28H31N3O2/c1-21-8-4-6-10-24(21)25-11-7-5-9-23(25)20-28(27(33)30(2)3)14-18-31(19-15-28)26(32)22-12-16-29-17-13-22/h4-13,16-17H,14-15,18-20H2,1-3H3. The lowest BCUT2D eigenvalue weighted by molar-refractivity contribution is -0.142. The molecule has 1 saturated heterocycles. The fourth-order valence-corrected chi connectivity index (χ4v) is 4.93. The molecule has 33 heavy (non-hydrogen) atoms. The molecule has 0 saturated carbocycles. The Bertz CT molecular complexity index is 1130. The summed E-state index contributed by atoms with van der Waals surface area (Å²) in [6.07, 6.45) is 5.22. The molecule has 0 aliphatic carbocycles. The summed E-state index contributed by atoms with van der Waals surface area (Å²) >= 11 is 0. The van der Waals surface area contributed by atoms with Crippen molar-refractivity contribution < 1.29 is 9.59 Å². The zero-order valence-electron chi connectivity index (χ0n) is 19.6. The molecule has 1 aromatic heterocycles. The van der Waals surface area contributed by atoms with Crippen molar-refractivity contribution in [2.24, 2.45) is 5.41 Å². The van der Waals surface area contributed by atoms with E-state index in [1.165, 1.54) is 22.3 Å². The van der Waals surface area contributed by atoms with Gasteiger partial charge in [0, 0.05) is 45.1 Å². The van der Waals surface area contributed by atoms with Crippen LogP contribution in [0, 0.1) is 12.3 Å². The zero-order valence-corrected chi connectivity index (χ0v) is 19.6. The number of nitrogens with zero attached hydrogens (tertiary/aromatic N) is 3. The lowest BCUT2D eigenvalue weighted by Gasteiger charge is -2.42. The Morgan fingerprint density at radius 3 is 2.15 bits per heavy atom. The summed E-state index contributed by atoms with van der Waals surface area (Å²) in [5, 5.41) is 0. The van der Waals surface area contributed by atoms with Crippen molar-refractivity contribution in [3.8, 4) is 11.1 Å². The van der Waals surface area contributed by atoms with Gasteiger partial charge in [-0.05, 0) is 60.6 Å². The molecule has 0 atom stereocenters. The Morgan fingerprint density at radius 1 is 0.909 bits per heavy atom. The smallest absolute Gasteiger partial charge is 0.253 e. The summed E-state index contributed by atoms with van der Waals surface area (Å²) < 4.78 is 0. The monoisotopic (exact) mass is 441 g/mol. The number of aryl methyl sites for hydroxylation is 1. The van der Waals surface area contributed by atoms with Crippen LogP contribution >= 0.6 is 0 Å². The third-order valence-electron chi connectivity index (χ3n) is 6.78. The number of pyridine rings is 1. The highest BCUT2D eigenvalue weighted by Crippen LogP contribution is 2.40. The van der Waals surface area contributed by atoms with E-state index in [1.807, 2.05) is 31.1 Å². The Labute approximate surface area is 196 Å². The number of hydrogen-bond acceptors (Lipinski definition) is 3. The van der Waals surface area contributed by atoms with E-state index < -0.39 is 5.41 Å².